The van der Waals surface area contributed by atoms with Gasteiger partial charge in [0.25, 0.3) is 0 Å². The van der Waals surface area contributed by atoms with Crippen LogP contribution in [0, 0.1) is 0 Å². The molecule has 0 saturated heterocycles. The first-order valence-electron chi connectivity index (χ1n) is 6.91. The Balaban J connectivity index is 1.77. The molecule has 1 aromatic rings. The highest BCUT2D eigenvalue weighted by molar-refractivity contribution is 5.90. The number of carbonyl (C=O) groups is 2. The molecule has 0 bridgehead atoms. The highest BCUT2D eigenvalue weighted by atomic mass is 16.6. The second-order valence-corrected chi connectivity index (χ2v) is 5.03. The maximum Gasteiger partial charge on any atom is 0.418 e. The minimum Gasteiger partial charge on any atom is -0.444 e. The van der Waals surface area contributed by atoms with Crippen LogP contribution >= 0.6 is 0 Å². The van der Waals surface area contributed by atoms with Gasteiger partial charge in [-0.3, -0.25) is 0 Å². The maximum absolute atomic E-state index is 11.9. The molecule has 1 fully saturated rings. The molecule has 0 atom stereocenters. The number of carbonyl (C=O) groups excluding carboxylic acids is 2. The first kappa shape index (κ1) is 14.4. The Kier molecular flexibility index (Phi) is 4.98. The van der Waals surface area contributed by atoms with Crippen molar-refractivity contribution in [1.29, 1.82) is 0 Å². The quantitative estimate of drug-likeness (QED) is 0.923. The standard InChI is InChI=1S/C15H20N2O3/c1-17(14(18)16-13-9-5-6-10-13)15(19)20-11-12-7-3-2-4-8-12/h2-4,7-8,13H,5-6,9-11H2,1H3,(H,16,18). The van der Waals surface area contributed by atoms with Crippen molar-refractivity contribution in [1.82, 2.24) is 10.2 Å². The summed E-state index contributed by atoms with van der Waals surface area (Å²) in [7, 11) is 1.43. The first-order chi connectivity index (χ1) is 9.66. The lowest BCUT2D eigenvalue weighted by Crippen LogP contribution is -2.44. The minimum absolute atomic E-state index is 0.167. The number of ether oxygens (including phenoxy) is 1. The van der Waals surface area contributed by atoms with Crippen LogP contribution in [0.1, 0.15) is 31.2 Å². The summed E-state index contributed by atoms with van der Waals surface area (Å²) in [6, 6.07) is 9.17. The lowest BCUT2D eigenvalue weighted by atomic mass is 10.2. The average molecular weight is 276 g/mol. The van der Waals surface area contributed by atoms with E-state index in [0.29, 0.717) is 0 Å². The topological polar surface area (TPSA) is 58.6 Å². The SMILES string of the molecule is CN(C(=O)NC1CCCC1)C(=O)OCc1ccccc1. The van der Waals surface area contributed by atoms with E-state index >= 15 is 0 Å². The van der Waals surface area contributed by atoms with Crippen LogP contribution in [0.5, 0.6) is 0 Å². The summed E-state index contributed by atoms with van der Waals surface area (Å²) in [5, 5.41) is 2.84. The van der Waals surface area contributed by atoms with E-state index < -0.39 is 12.1 Å². The number of nitrogens with zero attached hydrogens (tertiary/aromatic N) is 1. The van der Waals surface area contributed by atoms with Crippen LogP contribution in [0.4, 0.5) is 9.59 Å². The van der Waals surface area contributed by atoms with Crippen LogP contribution in [-0.4, -0.2) is 30.1 Å². The Morgan fingerprint density at radius 3 is 2.55 bits per heavy atom. The van der Waals surface area contributed by atoms with Gasteiger partial charge in [-0.15, -0.1) is 0 Å². The fourth-order valence-electron chi connectivity index (χ4n) is 2.24. The molecule has 0 radical (unpaired) electrons. The predicted molar refractivity (Wildman–Crippen MR) is 75.2 cm³/mol. The summed E-state index contributed by atoms with van der Waals surface area (Å²) in [6.07, 6.45) is 3.60. The van der Waals surface area contributed by atoms with Crippen LogP contribution in [0.2, 0.25) is 0 Å². The fourth-order valence-corrected chi connectivity index (χ4v) is 2.24. The monoisotopic (exact) mass is 276 g/mol. The Morgan fingerprint density at radius 2 is 1.90 bits per heavy atom. The van der Waals surface area contributed by atoms with Gasteiger partial charge >= 0.3 is 12.1 Å². The van der Waals surface area contributed by atoms with Crippen LogP contribution in [0.15, 0.2) is 30.3 Å². The van der Waals surface area contributed by atoms with Gasteiger partial charge in [0.15, 0.2) is 0 Å². The Morgan fingerprint density at radius 1 is 1.25 bits per heavy atom. The van der Waals surface area contributed by atoms with E-state index in [1.165, 1.54) is 7.05 Å². The number of imide groups is 1. The molecule has 5 heteroatoms. The zero-order chi connectivity index (χ0) is 14.4. The summed E-state index contributed by atoms with van der Waals surface area (Å²) in [5.41, 5.74) is 0.894. The second kappa shape index (κ2) is 6.93. The molecule has 5 nitrogen and oxygen atoms in total. The molecule has 1 N–H and O–H groups in total. The first-order valence-corrected chi connectivity index (χ1v) is 6.91. The van der Waals surface area contributed by atoms with Gasteiger partial charge in [-0.05, 0) is 18.4 Å². The Labute approximate surface area is 118 Å². The van der Waals surface area contributed by atoms with Crippen molar-refractivity contribution >= 4 is 12.1 Å². The van der Waals surface area contributed by atoms with Crippen molar-refractivity contribution in [3.63, 3.8) is 0 Å². The second-order valence-electron chi connectivity index (χ2n) is 5.03. The van der Waals surface area contributed by atoms with Crippen molar-refractivity contribution in [2.45, 2.75) is 38.3 Å². The molecule has 0 spiro atoms. The minimum atomic E-state index is -0.635. The normalized spacial score (nSPS) is 14.8. The van der Waals surface area contributed by atoms with Crippen molar-refractivity contribution < 1.29 is 14.3 Å². The van der Waals surface area contributed by atoms with Gasteiger partial charge in [0.1, 0.15) is 6.61 Å². The zero-order valence-electron chi connectivity index (χ0n) is 11.7. The predicted octanol–water partition coefficient (Wildman–Crippen LogP) is 2.91. The van der Waals surface area contributed by atoms with Crippen molar-refractivity contribution in [2.75, 3.05) is 7.05 Å². The molecule has 0 heterocycles. The molecule has 1 saturated carbocycles. The summed E-state index contributed by atoms with van der Waals surface area (Å²) < 4.78 is 5.10. The molecule has 0 aliphatic heterocycles. The lowest BCUT2D eigenvalue weighted by molar-refractivity contribution is 0.110. The number of urea groups is 1. The highest BCUT2D eigenvalue weighted by Crippen LogP contribution is 2.17. The molecular formula is C15H20N2O3. The number of nitrogens with one attached hydrogen (secondary N) is 1. The molecule has 0 aromatic heterocycles. The number of hydrogen-bond acceptors (Lipinski definition) is 3. The number of amides is 3. The summed E-state index contributed by atoms with van der Waals surface area (Å²) >= 11 is 0. The van der Waals surface area contributed by atoms with E-state index in [-0.39, 0.29) is 12.6 Å². The van der Waals surface area contributed by atoms with E-state index in [1.54, 1.807) is 0 Å². The third kappa shape index (κ3) is 3.98. The van der Waals surface area contributed by atoms with Crippen LogP contribution in [-0.2, 0) is 11.3 Å². The van der Waals surface area contributed by atoms with Crippen molar-refractivity contribution in [3.8, 4) is 0 Å². The smallest absolute Gasteiger partial charge is 0.418 e. The third-order valence-corrected chi connectivity index (χ3v) is 3.47. The molecule has 20 heavy (non-hydrogen) atoms. The van der Waals surface area contributed by atoms with E-state index in [9.17, 15) is 9.59 Å². The fraction of sp³-hybridized carbons (Fsp3) is 0.467. The maximum atomic E-state index is 11.9. The van der Waals surface area contributed by atoms with Crippen molar-refractivity contribution in [2.24, 2.45) is 0 Å². The van der Waals surface area contributed by atoms with Gasteiger partial charge < -0.3 is 10.1 Å². The highest BCUT2D eigenvalue weighted by Gasteiger charge is 2.23. The molecular weight excluding hydrogens is 256 g/mol. The number of benzene rings is 1. The summed E-state index contributed by atoms with van der Waals surface area (Å²) in [6.45, 7) is 0.167. The van der Waals surface area contributed by atoms with Gasteiger partial charge in [0, 0.05) is 13.1 Å². The molecule has 108 valence electrons. The average Bonchev–Trinajstić information content (AvgIpc) is 2.98. The summed E-state index contributed by atoms with van der Waals surface area (Å²) in [4.78, 5) is 24.6. The van der Waals surface area contributed by atoms with Gasteiger partial charge in [0.05, 0.1) is 0 Å². The van der Waals surface area contributed by atoms with Gasteiger partial charge in [-0.25, -0.2) is 14.5 Å². The molecule has 1 aliphatic carbocycles. The van der Waals surface area contributed by atoms with Crippen LogP contribution in [0.3, 0.4) is 0 Å². The lowest BCUT2D eigenvalue weighted by Gasteiger charge is -2.19. The van der Waals surface area contributed by atoms with Gasteiger partial charge in [-0.1, -0.05) is 43.2 Å². The van der Waals surface area contributed by atoms with Crippen LogP contribution in [0.25, 0.3) is 0 Å². The van der Waals surface area contributed by atoms with Gasteiger partial charge in [0.2, 0.25) is 0 Å². The molecule has 1 aliphatic rings. The number of hydrogen-bond donors (Lipinski definition) is 1. The van der Waals surface area contributed by atoms with E-state index in [1.807, 2.05) is 30.3 Å². The summed E-state index contributed by atoms with van der Waals surface area (Å²) in [5.74, 6) is 0. The molecule has 2 rings (SSSR count). The van der Waals surface area contributed by atoms with E-state index in [4.69, 9.17) is 4.74 Å². The Hall–Kier alpha value is -2.04. The Bertz CT molecular complexity index is 455. The molecule has 1 aromatic carbocycles. The van der Waals surface area contributed by atoms with E-state index in [0.717, 1.165) is 36.1 Å². The number of rotatable bonds is 3. The third-order valence-electron chi connectivity index (χ3n) is 3.47. The van der Waals surface area contributed by atoms with E-state index in [2.05, 4.69) is 5.32 Å². The molecule has 3 amide bonds. The van der Waals surface area contributed by atoms with Gasteiger partial charge in [-0.2, -0.15) is 0 Å². The zero-order valence-corrected chi connectivity index (χ0v) is 11.7. The largest absolute Gasteiger partial charge is 0.444 e. The van der Waals surface area contributed by atoms with Crippen LogP contribution < -0.4 is 5.32 Å². The molecule has 0 unspecified atom stereocenters. The van der Waals surface area contributed by atoms with Crippen molar-refractivity contribution in [3.05, 3.63) is 35.9 Å².